The smallest absolute Gasteiger partial charge is 0.346 e. The summed E-state index contributed by atoms with van der Waals surface area (Å²) in [7, 11) is 0. The van der Waals surface area contributed by atoms with E-state index in [0.717, 1.165) is 6.54 Å². The second kappa shape index (κ2) is 31.2. The van der Waals surface area contributed by atoms with Gasteiger partial charge in [-0.2, -0.15) is 6.92 Å². The molecule has 2 N–H and O–H groups in total. The van der Waals surface area contributed by atoms with Gasteiger partial charge >= 0.3 is 48.9 Å². The van der Waals surface area contributed by atoms with Crippen LogP contribution in [0.3, 0.4) is 0 Å². The van der Waals surface area contributed by atoms with Gasteiger partial charge in [-0.25, -0.2) is 0 Å². The van der Waals surface area contributed by atoms with Crippen LogP contribution in [0.25, 0.3) is 0 Å². The van der Waals surface area contributed by atoms with Crippen molar-refractivity contribution in [2.75, 3.05) is 6.54 Å². The van der Waals surface area contributed by atoms with Crippen LogP contribution < -0.4 is 5.73 Å². The van der Waals surface area contributed by atoms with Crippen LogP contribution >= 0.6 is 0 Å². The number of rotatable bonds is 0. The summed E-state index contributed by atoms with van der Waals surface area (Å²) in [6, 6.07) is 0. The van der Waals surface area contributed by atoms with Crippen LogP contribution in [-0.2, 0) is 0 Å². The third-order valence-corrected chi connectivity index (χ3v) is 0. The second-order valence-electron chi connectivity index (χ2n) is 0.408. The standard InChI is InChI=1S/C2H7N.C2H5.Ba/c1-2-3;1-2;/h2-3H2,1H3;1H2,2H3;/q;-1;+2. The normalized spacial score (nSPS) is 4.00. The van der Waals surface area contributed by atoms with E-state index in [2.05, 4.69) is 6.92 Å². The van der Waals surface area contributed by atoms with E-state index >= 15 is 0 Å². The fourth-order valence-electron chi connectivity index (χ4n) is 0. The molecular formula is C4H12BaN+. The number of hydrogen-bond acceptors (Lipinski definition) is 1. The van der Waals surface area contributed by atoms with E-state index in [0.29, 0.717) is 0 Å². The maximum atomic E-state index is 4.85. The molecule has 34 valence electrons. The molecule has 0 radical (unpaired) electrons. The van der Waals surface area contributed by atoms with Gasteiger partial charge in [0.15, 0.2) is 0 Å². The summed E-state index contributed by atoms with van der Waals surface area (Å²) < 4.78 is 0. The molecule has 0 aromatic carbocycles. The van der Waals surface area contributed by atoms with Crippen LogP contribution in [0.4, 0.5) is 0 Å². The van der Waals surface area contributed by atoms with E-state index in [-0.39, 0.29) is 48.9 Å². The largest absolute Gasteiger partial charge is 2.00 e. The molecule has 0 bridgehead atoms. The summed E-state index contributed by atoms with van der Waals surface area (Å²) in [5.74, 6) is 0. The Bertz CT molecular complexity index is 7.51. The SMILES string of the molecule is CCN.[Ba+2].[CH2-]C. The molecular weight excluding hydrogens is 199 g/mol. The fraction of sp³-hybridized carbons (Fsp3) is 0.750. The van der Waals surface area contributed by atoms with Gasteiger partial charge in [0.1, 0.15) is 0 Å². The van der Waals surface area contributed by atoms with Crippen LogP contribution in [0.15, 0.2) is 0 Å². The Morgan fingerprint density at radius 3 is 1.50 bits per heavy atom. The first-order valence-corrected chi connectivity index (χ1v) is 1.82. The quantitative estimate of drug-likeness (QED) is 0.456. The Morgan fingerprint density at radius 2 is 1.50 bits per heavy atom. The van der Waals surface area contributed by atoms with Crippen molar-refractivity contribution in [1.29, 1.82) is 0 Å². The average molecular weight is 211 g/mol. The van der Waals surface area contributed by atoms with Crippen molar-refractivity contribution in [2.45, 2.75) is 13.8 Å². The van der Waals surface area contributed by atoms with Crippen molar-refractivity contribution in [1.82, 2.24) is 0 Å². The van der Waals surface area contributed by atoms with E-state index < -0.39 is 0 Å². The zero-order chi connectivity index (χ0) is 4.71. The van der Waals surface area contributed by atoms with Gasteiger partial charge in [0, 0.05) is 0 Å². The van der Waals surface area contributed by atoms with Gasteiger partial charge in [-0.05, 0) is 6.54 Å². The van der Waals surface area contributed by atoms with Crippen molar-refractivity contribution in [3.05, 3.63) is 6.92 Å². The third kappa shape index (κ3) is 48.4. The molecule has 2 heteroatoms. The molecule has 6 heavy (non-hydrogen) atoms. The first-order chi connectivity index (χ1) is 2.41. The Labute approximate surface area is 80.8 Å². The fourth-order valence-corrected chi connectivity index (χ4v) is 0. The summed E-state index contributed by atoms with van der Waals surface area (Å²) in [5.41, 5.74) is 4.85. The van der Waals surface area contributed by atoms with E-state index in [9.17, 15) is 0 Å². The average Bonchev–Trinajstić information content (AvgIpc) is 1.46. The molecule has 0 aliphatic carbocycles. The van der Waals surface area contributed by atoms with Gasteiger partial charge in [-0.15, -0.1) is 0 Å². The zero-order valence-corrected chi connectivity index (χ0v) is 9.14. The molecule has 0 atom stereocenters. The zero-order valence-electron chi connectivity index (χ0n) is 4.70. The predicted molar refractivity (Wildman–Crippen MR) is 31.5 cm³/mol. The van der Waals surface area contributed by atoms with Crippen molar-refractivity contribution >= 4 is 48.9 Å². The maximum absolute atomic E-state index is 4.85. The van der Waals surface area contributed by atoms with Gasteiger partial charge in [0.2, 0.25) is 0 Å². The van der Waals surface area contributed by atoms with Crippen LogP contribution in [0.5, 0.6) is 0 Å². The molecule has 1 nitrogen and oxygen atoms in total. The number of hydrogen-bond donors (Lipinski definition) is 1. The third-order valence-electron chi connectivity index (χ3n) is 0. The monoisotopic (exact) mass is 212 g/mol. The van der Waals surface area contributed by atoms with E-state index in [1.807, 2.05) is 6.92 Å². The molecule has 0 rings (SSSR count). The summed E-state index contributed by atoms with van der Waals surface area (Å²) >= 11 is 0. The molecule has 0 saturated heterocycles. The van der Waals surface area contributed by atoms with Crippen LogP contribution in [-0.4, -0.2) is 55.4 Å². The van der Waals surface area contributed by atoms with Crippen LogP contribution in [0.2, 0.25) is 0 Å². The first kappa shape index (κ1) is 15.6. The predicted octanol–water partition coefficient (Wildman–Crippen LogP) is 0.425. The van der Waals surface area contributed by atoms with E-state index in [1.54, 1.807) is 6.92 Å². The molecule has 0 heterocycles. The maximum Gasteiger partial charge on any atom is 2.00 e. The Balaban J connectivity index is -0.0000000275. The molecule has 0 aromatic rings. The molecule has 0 unspecified atom stereocenters. The minimum absolute atomic E-state index is 0. The summed E-state index contributed by atoms with van der Waals surface area (Å²) in [6.07, 6.45) is 0. The molecule has 0 fully saturated rings. The van der Waals surface area contributed by atoms with Crippen LogP contribution in [0, 0.1) is 6.92 Å². The topological polar surface area (TPSA) is 26.0 Å². The minimum Gasteiger partial charge on any atom is -0.346 e. The molecule has 0 aliphatic heterocycles. The molecule has 0 saturated carbocycles. The Hall–Kier alpha value is 1.53. The molecule has 0 aromatic heterocycles. The van der Waals surface area contributed by atoms with Crippen LogP contribution in [0.1, 0.15) is 13.8 Å². The minimum atomic E-state index is 0. The summed E-state index contributed by atoms with van der Waals surface area (Å²) in [5, 5.41) is 0. The first-order valence-electron chi connectivity index (χ1n) is 1.82. The van der Waals surface area contributed by atoms with Gasteiger partial charge in [0.25, 0.3) is 0 Å². The summed E-state index contributed by atoms with van der Waals surface area (Å²) in [6.45, 7) is 7.65. The Kier molecular flexibility index (Phi) is 81.3. The van der Waals surface area contributed by atoms with Crippen molar-refractivity contribution in [2.24, 2.45) is 5.73 Å². The van der Waals surface area contributed by atoms with Gasteiger partial charge in [-0.1, -0.05) is 6.92 Å². The van der Waals surface area contributed by atoms with Gasteiger partial charge in [0.05, 0.1) is 0 Å². The van der Waals surface area contributed by atoms with Gasteiger partial charge in [-0.3, -0.25) is 0 Å². The second-order valence-corrected chi connectivity index (χ2v) is 0.408. The summed E-state index contributed by atoms with van der Waals surface area (Å²) in [4.78, 5) is 0. The van der Waals surface area contributed by atoms with E-state index in [4.69, 9.17) is 5.73 Å². The molecule has 0 aliphatic rings. The number of nitrogens with two attached hydrogens (primary N) is 1. The van der Waals surface area contributed by atoms with E-state index in [1.165, 1.54) is 0 Å². The van der Waals surface area contributed by atoms with Crippen molar-refractivity contribution in [3.8, 4) is 0 Å². The molecule has 0 spiro atoms. The van der Waals surface area contributed by atoms with Gasteiger partial charge < -0.3 is 12.7 Å². The Morgan fingerprint density at radius 1 is 1.50 bits per heavy atom. The molecule has 0 amide bonds. The van der Waals surface area contributed by atoms with Crippen molar-refractivity contribution < 1.29 is 0 Å². The van der Waals surface area contributed by atoms with Crippen molar-refractivity contribution in [3.63, 3.8) is 0 Å².